The molecule has 4 nitrogen and oxygen atoms in total. The van der Waals surface area contributed by atoms with E-state index in [1.54, 1.807) is 0 Å². The van der Waals surface area contributed by atoms with Crippen molar-refractivity contribution in [1.29, 1.82) is 0 Å². The third-order valence-corrected chi connectivity index (χ3v) is 6.14. The molecule has 0 bridgehead atoms. The minimum Gasteiger partial charge on any atom is -0.355 e. The minimum absolute atomic E-state index is 0.0545. The first-order valence-corrected chi connectivity index (χ1v) is 11.0. The van der Waals surface area contributed by atoms with Crippen molar-refractivity contribution in [3.63, 3.8) is 0 Å². The molecule has 0 unspecified atom stereocenters. The van der Waals surface area contributed by atoms with E-state index in [1.165, 1.54) is 42.4 Å². The van der Waals surface area contributed by atoms with Crippen LogP contribution in [0.2, 0.25) is 0 Å². The fourth-order valence-corrected chi connectivity index (χ4v) is 4.19. The predicted octanol–water partition coefficient (Wildman–Crippen LogP) is 5.48. The summed E-state index contributed by atoms with van der Waals surface area (Å²) in [6.45, 7) is 7.00. The lowest BCUT2D eigenvalue weighted by Crippen LogP contribution is -2.27. The Morgan fingerprint density at radius 3 is 2.73 bits per heavy atom. The number of imidazole rings is 1. The van der Waals surface area contributed by atoms with Crippen LogP contribution in [0.1, 0.15) is 54.5 Å². The molecule has 1 amide bonds. The molecule has 1 aromatic carbocycles. The van der Waals surface area contributed by atoms with Gasteiger partial charge in [0.15, 0.2) is 0 Å². The fraction of sp³-hybridized carbons (Fsp3) is 0.385. The molecule has 4 heteroatoms. The highest BCUT2D eigenvalue weighted by molar-refractivity contribution is 5.81. The number of aryl methyl sites for hydroxylation is 3. The van der Waals surface area contributed by atoms with E-state index in [-0.39, 0.29) is 5.91 Å². The van der Waals surface area contributed by atoms with Crippen molar-refractivity contribution in [1.82, 2.24) is 14.7 Å². The number of rotatable bonds is 6. The van der Waals surface area contributed by atoms with Crippen molar-refractivity contribution in [2.45, 2.75) is 59.3 Å². The van der Waals surface area contributed by atoms with Gasteiger partial charge in [0.05, 0.1) is 17.8 Å². The van der Waals surface area contributed by atoms with Gasteiger partial charge in [0.25, 0.3) is 0 Å². The van der Waals surface area contributed by atoms with Crippen LogP contribution in [0, 0.1) is 20.8 Å². The summed E-state index contributed by atoms with van der Waals surface area (Å²) >= 11 is 0. The summed E-state index contributed by atoms with van der Waals surface area (Å²) in [4.78, 5) is 17.7. The molecule has 156 valence electrons. The first-order valence-electron chi connectivity index (χ1n) is 11.0. The Hall–Kier alpha value is -2.88. The number of carbonyl (C=O) groups is 1. The summed E-state index contributed by atoms with van der Waals surface area (Å²) < 4.78 is 2.06. The number of benzene rings is 1. The average molecular weight is 402 g/mol. The second-order valence-electron chi connectivity index (χ2n) is 8.52. The Labute approximate surface area is 179 Å². The van der Waals surface area contributed by atoms with Crippen LogP contribution >= 0.6 is 0 Å². The number of nitrogens with zero attached hydrogens (tertiary/aromatic N) is 2. The summed E-state index contributed by atoms with van der Waals surface area (Å²) in [6, 6.07) is 10.5. The van der Waals surface area contributed by atoms with Gasteiger partial charge in [-0.2, -0.15) is 0 Å². The molecule has 0 saturated heterocycles. The predicted molar refractivity (Wildman–Crippen MR) is 123 cm³/mol. The van der Waals surface area contributed by atoms with E-state index in [1.807, 2.05) is 6.20 Å². The van der Waals surface area contributed by atoms with E-state index in [0.29, 0.717) is 13.0 Å². The van der Waals surface area contributed by atoms with Gasteiger partial charge in [-0.15, -0.1) is 0 Å². The van der Waals surface area contributed by atoms with Crippen molar-refractivity contribution < 1.29 is 4.79 Å². The van der Waals surface area contributed by atoms with Gasteiger partial charge in [-0.3, -0.25) is 4.79 Å². The van der Waals surface area contributed by atoms with Crippen LogP contribution in [0.5, 0.6) is 0 Å². The second kappa shape index (κ2) is 8.86. The molecule has 0 atom stereocenters. The van der Waals surface area contributed by atoms with E-state index >= 15 is 0 Å². The highest BCUT2D eigenvalue weighted by Gasteiger charge is 2.18. The molecule has 0 spiro atoms. The Bertz CT molecular complexity index is 1110. The highest BCUT2D eigenvalue weighted by atomic mass is 16.1. The van der Waals surface area contributed by atoms with Gasteiger partial charge in [0, 0.05) is 18.3 Å². The molecule has 0 fully saturated rings. The van der Waals surface area contributed by atoms with Gasteiger partial charge >= 0.3 is 0 Å². The zero-order chi connectivity index (χ0) is 21.1. The number of hydrogen-bond acceptors (Lipinski definition) is 2. The van der Waals surface area contributed by atoms with Crippen molar-refractivity contribution in [2.24, 2.45) is 0 Å². The molecule has 30 heavy (non-hydrogen) atoms. The van der Waals surface area contributed by atoms with E-state index in [2.05, 4.69) is 66.9 Å². The maximum Gasteiger partial charge on any atom is 0.226 e. The SMILES string of the molecule is Cc1ccn2c(CC(=O)NCCC3=CCCCC3)c(-c3ccc(C)c(C)c3)nc2c1. The Morgan fingerprint density at radius 2 is 1.97 bits per heavy atom. The molecule has 0 radical (unpaired) electrons. The summed E-state index contributed by atoms with van der Waals surface area (Å²) in [5.74, 6) is 0.0545. The molecular formula is C26H31N3O. The quantitative estimate of drug-likeness (QED) is 0.556. The van der Waals surface area contributed by atoms with Crippen LogP contribution < -0.4 is 5.32 Å². The third-order valence-electron chi connectivity index (χ3n) is 6.14. The van der Waals surface area contributed by atoms with Crippen LogP contribution in [0.25, 0.3) is 16.9 Å². The summed E-state index contributed by atoms with van der Waals surface area (Å²) in [7, 11) is 0. The standard InChI is InChI=1S/C26H31N3O/c1-18-12-14-29-23(17-25(30)27-13-11-21-7-5-4-6-8-21)26(28-24(29)15-18)22-10-9-19(2)20(3)16-22/h7,9-10,12,14-16H,4-6,8,11,13,17H2,1-3H3,(H,27,30). The topological polar surface area (TPSA) is 46.4 Å². The Kier molecular flexibility index (Phi) is 6.03. The molecule has 1 aliphatic rings. The second-order valence-corrected chi connectivity index (χ2v) is 8.52. The van der Waals surface area contributed by atoms with E-state index in [9.17, 15) is 4.79 Å². The van der Waals surface area contributed by atoms with Gasteiger partial charge in [0.1, 0.15) is 5.65 Å². The zero-order valence-electron chi connectivity index (χ0n) is 18.3. The van der Waals surface area contributed by atoms with Crippen molar-refractivity contribution in [3.8, 4) is 11.3 Å². The molecule has 2 aromatic heterocycles. The van der Waals surface area contributed by atoms with E-state index in [0.717, 1.165) is 34.6 Å². The third kappa shape index (κ3) is 4.48. The van der Waals surface area contributed by atoms with E-state index < -0.39 is 0 Å². The van der Waals surface area contributed by atoms with Gasteiger partial charge in [-0.05, 0) is 87.8 Å². The van der Waals surface area contributed by atoms with Crippen LogP contribution in [0.15, 0.2) is 48.2 Å². The van der Waals surface area contributed by atoms with Crippen LogP contribution in [-0.2, 0) is 11.2 Å². The average Bonchev–Trinajstić information content (AvgIpc) is 3.08. The van der Waals surface area contributed by atoms with Gasteiger partial charge in [-0.25, -0.2) is 4.98 Å². The number of fused-ring (bicyclic) bond motifs is 1. The largest absolute Gasteiger partial charge is 0.355 e. The van der Waals surface area contributed by atoms with Gasteiger partial charge in [0.2, 0.25) is 5.91 Å². The zero-order valence-corrected chi connectivity index (χ0v) is 18.3. The van der Waals surface area contributed by atoms with Gasteiger partial charge < -0.3 is 9.72 Å². The lowest BCUT2D eigenvalue weighted by Gasteiger charge is -2.13. The fourth-order valence-electron chi connectivity index (χ4n) is 4.19. The normalized spacial score (nSPS) is 14.0. The minimum atomic E-state index is 0.0545. The smallest absolute Gasteiger partial charge is 0.226 e. The highest BCUT2D eigenvalue weighted by Crippen LogP contribution is 2.27. The molecule has 1 N–H and O–H groups in total. The van der Waals surface area contributed by atoms with Gasteiger partial charge in [-0.1, -0.05) is 23.8 Å². The molecule has 1 aliphatic carbocycles. The maximum atomic E-state index is 12.8. The first-order chi connectivity index (χ1) is 14.5. The van der Waals surface area contributed by atoms with Crippen LogP contribution in [-0.4, -0.2) is 21.8 Å². The number of aromatic nitrogens is 2. The Morgan fingerprint density at radius 1 is 1.10 bits per heavy atom. The number of nitrogens with one attached hydrogen (secondary N) is 1. The number of amides is 1. The lowest BCUT2D eigenvalue weighted by molar-refractivity contribution is -0.120. The van der Waals surface area contributed by atoms with Crippen molar-refractivity contribution >= 4 is 11.6 Å². The summed E-state index contributed by atoms with van der Waals surface area (Å²) in [5, 5.41) is 3.12. The number of carbonyl (C=O) groups excluding carboxylic acids is 1. The number of hydrogen-bond donors (Lipinski definition) is 1. The number of allylic oxidation sites excluding steroid dienone is 1. The van der Waals surface area contributed by atoms with Crippen molar-refractivity contribution in [3.05, 3.63) is 70.6 Å². The molecular weight excluding hydrogens is 370 g/mol. The van der Waals surface area contributed by atoms with Crippen molar-refractivity contribution in [2.75, 3.05) is 6.54 Å². The maximum absolute atomic E-state index is 12.8. The summed E-state index contributed by atoms with van der Waals surface area (Å²) in [5.41, 5.74) is 8.94. The molecule has 0 saturated carbocycles. The molecule has 4 rings (SSSR count). The van der Waals surface area contributed by atoms with E-state index in [4.69, 9.17) is 4.98 Å². The summed E-state index contributed by atoms with van der Waals surface area (Å²) in [6.07, 6.45) is 10.6. The number of pyridine rings is 1. The Balaban J connectivity index is 1.57. The van der Waals surface area contributed by atoms with Crippen LogP contribution in [0.4, 0.5) is 0 Å². The van der Waals surface area contributed by atoms with Crippen LogP contribution in [0.3, 0.4) is 0 Å². The molecule has 2 heterocycles. The lowest BCUT2D eigenvalue weighted by atomic mass is 9.97. The molecule has 3 aromatic rings. The first kappa shape index (κ1) is 20.4. The monoisotopic (exact) mass is 401 g/mol. The molecule has 0 aliphatic heterocycles.